The summed E-state index contributed by atoms with van der Waals surface area (Å²) in [6.45, 7) is 1.78. The smallest absolute Gasteiger partial charge is 0.245 e. The number of rotatable bonds is 6. The zero-order chi connectivity index (χ0) is 15.4. The van der Waals surface area contributed by atoms with Crippen LogP contribution in [0.15, 0.2) is 24.3 Å². The number of nitrogens with one attached hydrogen (secondary N) is 2. The second-order valence-corrected chi connectivity index (χ2v) is 5.79. The lowest BCUT2D eigenvalue weighted by Gasteiger charge is -2.21. The average molecular weight is 311 g/mol. The van der Waals surface area contributed by atoms with Gasteiger partial charge in [-0.1, -0.05) is 23.7 Å². The van der Waals surface area contributed by atoms with Gasteiger partial charge in [-0.15, -0.1) is 0 Å². The molecule has 0 aromatic heterocycles. The van der Waals surface area contributed by atoms with Crippen LogP contribution in [-0.4, -0.2) is 29.1 Å². The zero-order valence-electron chi connectivity index (χ0n) is 11.8. The van der Waals surface area contributed by atoms with Gasteiger partial charge in [0.25, 0.3) is 0 Å². The van der Waals surface area contributed by atoms with Gasteiger partial charge in [0.1, 0.15) is 6.04 Å². The lowest BCUT2D eigenvalue weighted by molar-refractivity contribution is -0.132. The van der Waals surface area contributed by atoms with Gasteiger partial charge < -0.3 is 15.7 Å². The molecule has 3 N–H and O–H groups in total. The molecule has 0 radical (unpaired) electrons. The fraction of sp³-hybridized carbons (Fsp3) is 0.467. The third-order valence-electron chi connectivity index (χ3n) is 3.37. The Kier molecular flexibility index (Phi) is 5.20. The molecule has 1 aliphatic carbocycles. The van der Waals surface area contributed by atoms with E-state index < -0.39 is 18.1 Å². The van der Waals surface area contributed by atoms with Crippen LogP contribution in [-0.2, 0) is 16.1 Å². The third kappa shape index (κ3) is 4.72. The highest BCUT2D eigenvalue weighted by Gasteiger charge is 2.34. The number of aliphatic hydroxyl groups excluding tert-OH is 1. The maximum absolute atomic E-state index is 12.1. The molecular formula is C15H19ClN2O3. The average Bonchev–Trinajstić information content (AvgIpc) is 3.26. The molecule has 0 saturated heterocycles. The van der Waals surface area contributed by atoms with Crippen molar-refractivity contribution in [3.63, 3.8) is 0 Å². The van der Waals surface area contributed by atoms with E-state index in [4.69, 9.17) is 11.6 Å². The molecule has 0 spiro atoms. The van der Waals surface area contributed by atoms with Crippen molar-refractivity contribution in [2.75, 3.05) is 0 Å². The SMILES string of the molecule is CC(O)C(NC(=O)C1CC1)C(=O)NCc1cccc(Cl)c1. The molecule has 2 unspecified atom stereocenters. The molecule has 1 saturated carbocycles. The highest BCUT2D eigenvalue weighted by atomic mass is 35.5. The molecule has 1 aliphatic rings. The number of amides is 2. The summed E-state index contributed by atoms with van der Waals surface area (Å²) in [7, 11) is 0. The lowest BCUT2D eigenvalue weighted by atomic mass is 10.1. The maximum Gasteiger partial charge on any atom is 0.245 e. The summed E-state index contributed by atoms with van der Waals surface area (Å²) in [5, 5.41) is 15.6. The monoisotopic (exact) mass is 310 g/mol. The minimum atomic E-state index is -0.952. The molecule has 1 fully saturated rings. The first kappa shape index (κ1) is 15.8. The first-order valence-corrected chi connectivity index (χ1v) is 7.36. The van der Waals surface area contributed by atoms with Gasteiger partial charge in [-0.05, 0) is 37.5 Å². The Labute approximate surface area is 128 Å². The number of hydrogen-bond donors (Lipinski definition) is 3. The summed E-state index contributed by atoms with van der Waals surface area (Å²) < 4.78 is 0. The fourth-order valence-electron chi connectivity index (χ4n) is 1.97. The van der Waals surface area contributed by atoms with Crippen LogP contribution in [0.25, 0.3) is 0 Å². The quantitative estimate of drug-likeness (QED) is 0.739. The van der Waals surface area contributed by atoms with Crippen LogP contribution in [0.5, 0.6) is 0 Å². The van der Waals surface area contributed by atoms with Gasteiger partial charge in [-0.2, -0.15) is 0 Å². The Morgan fingerprint density at radius 3 is 2.71 bits per heavy atom. The molecule has 0 heterocycles. The van der Waals surface area contributed by atoms with E-state index in [1.165, 1.54) is 6.92 Å². The predicted molar refractivity (Wildman–Crippen MR) is 79.6 cm³/mol. The number of aliphatic hydroxyl groups is 1. The van der Waals surface area contributed by atoms with Crippen molar-refractivity contribution in [3.8, 4) is 0 Å². The van der Waals surface area contributed by atoms with Gasteiger partial charge in [0, 0.05) is 17.5 Å². The Hall–Kier alpha value is -1.59. The van der Waals surface area contributed by atoms with Crippen molar-refractivity contribution in [1.29, 1.82) is 0 Å². The molecule has 0 aliphatic heterocycles. The summed E-state index contributed by atoms with van der Waals surface area (Å²) in [5.74, 6) is -0.579. The molecule has 5 nitrogen and oxygen atoms in total. The van der Waals surface area contributed by atoms with Crippen LogP contribution in [0.1, 0.15) is 25.3 Å². The highest BCUT2D eigenvalue weighted by Crippen LogP contribution is 2.28. The second kappa shape index (κ2) is 6.91. The van der Waals surface area contributed by atoms with Gasteiger partial charge in [0.15, 0.2) is 0 Å². The van der Waals surface area contributed by atoms with Crippen LogP contribution < -0.4 is 10.6 Å². The van der Waals surface area contributed by atoms with Crippen LogP contribution >= 0.6 is 11.6 Å². The van der Waals surface area contributed by atoms with E-state index in [9.17, 15) is 14.7 Å². The van der Waals surface area contributed by atoms with E-state index in [1.54, 1.807) is 18.2 Å². The number of hydrogen-bond acceptors (Lipinski definition) is 3. The molecule has 114 valence electrons. The number of carbonyl (C=O) groups excluding carboxylic acids is 2. The minimum Gasteiger partial charge on any atom is -0.391 e. The van der Waals surface area contributed by atoms with E-state index in [-0.39, 0.29) is 11.8 Å². The van der Waals surface area contributed by atoms with Gasteiger partial charge in [-0.25, -0.2) is 0 Å². The molecule has 21 heavy (non-hydrogen) atoms. The zero-order valence-corrected chi connectivity index (χ0v) is 12.6. The molecule has 0 bridgehead atoms. The van der Waals surface area contributed by atoms with Crippen molar-refractivity contribution in [2.24, 2.45) is 5.92 Å². The topological polar surface area (TPSA) is 78.4 Å². The first-order valence-electron chi connectivity index (χ1n) is 6.98. The molecule has 2 atom stereocenters. The van der Waals surface area contributed by atoms with E-state index >= 15 is 0 Å². The summed E-state index contributed by atoms with van der Waals surface area (Å²) in [4.78, 5) is 23.8. The summed E-state index contributed by atoms with van der Waals surface area (Å²) in [6, 6.07) is 6.21. The standard InChI is InChI=1S/C15H19ClN2O3/c1-9(19)13(18-14(20)11-5-6-11)15(21)17-8-10-3-2-4-12(16)7-10/h2-4,7,9,11,13,19H,5-6,8H2,1H3,(H,17,21)(H,18,20). The number of benzene rings is 1. The Bertz CT molecular complexity index is 529. The van der Waals surface area contributed by atoms with Gasteiger partial charge in [0.05, 0.1) is 6.10 Å². The van der Waals surface area contributed by atoms with Crippen molar-refractivity contribution < 1.29 is 14.7 Å². The Morgan fingerprint density at radius 1 is 1.43 bits per heavy atom. The first-order chi connectivity index (χ1) is 9.97. The second-order valence-electron chi connectivity index (χ2n) is 5.35. The molecule has 2 amide bonds. The Morgan fingerprint density at radius 2 is 2.14 bits per heavy atom. The Balaban J connectivity index is 1.90. The van der Waals surface area contributed by atoms with Crippen LogP contribution in [0.3, 0.4) is 0 Å². The minimum absolute atomic E-state index is 0.00743. The molecular weight excluding hydrogens is 292 g/mol. The van der Waals surface area contributed by atoms with Crippen LogP contribution in [0.4, 0.5) is 0 Å². The molecule has 2 rings (SSSR count). The van der Waals surface area contributed by atoms with Crippen molar-refractivity contribution in [1.82, 2.24) is 10.6 Å². The van der Waals surface area contributed by atoms with Gasteiger partial charge in [0.2, 0.25) is 11.8 Å². The van der Waals surface area contributed by atoms with Crippen LogP contribution in [0.2, 0.25) is 5.02 Å². The molecule has 6 heteroatoms. The van der Waals surface area contributed by atoms with Gasteiger partial charge >= 0.3 is 0 Å². The van der Waals surface area contributed by atoms with Crippen molar-refractivity contribution >= 4 is 23.4 Å². The van der Waals surface area contributed by atoms with E-state index in [0.717, 1.165) is 18.4 Å². The normalized spacial score (nSPS) is 16.9. The molecule has 1 aromatic rings. The fourth-order valence-corrected chi connectivity index (χ4v) is 2.18. The van der Waals surface area contributed by atoms with Crippen molar-refractivity contribution in [3.05, 3.63) is 34.9 Å². The number of carbonyl (C=O) groups is 2. The predicted octanol–water partition coefficient (Wildman–Crippen LogP) is 1.23. The number of halogens is 1. The summed E-state index contributed by atoms with van der Waals surface area (Å²) in [5.41, 5.74) is 0.855. The highest BCUT2D eigenvalue weighted by molar-refractivity contribution is 6.30. The van der Waals surface area contributed by atoms with E-state index in [1.807, 2.05) is 6.07 Å². The van der Waals surface area contributed by atoms with Gasteiger partial charge in [-0.3, -0.25) is 9.59 Å². The van der Waals surface area contributed by atoms with E-state index in [0.29, 0.717) is 11.6 Å². The lowest BCUT2D eigenvalue weighted by Crippen LogP contribution is -2.52. The van der Waals surface area contributed by atoms with Crippen molar-refractivity contribution in [2.45, 2.75) is 38.5 Å². The maximum atomic E-state index is 12.1. The van der Waals surface area contributed by atoms with Crippen LogP contribution in [0, 0.1) is 5.92 Å². The third-order valence-corrected chi connectivity index (χ3v) is 3.60. The van der Waals surface area contributed by atoms with E-state index in [2.05, 4.69) is 10.6 Å². The summed E-state index contributed by atoms with van der Waals surface area (Å²) >= 11 is 5.87. The molecule has 1 aromatic carbocycles. The largest absolute Gasteiger partial charge is 0.391 e. The summed E-state index contributed by atoms with van der Waals surface area (Å²) in [6.07, 6.45) is 0.748.